The molecule has 0 N–H and O–H groups in total. The molecule has 1 atom stereocenters. The molecule has 0 amide bonds. The second-order valence-electron chi connectivity index (χ2n) is 5.16. The van der Waals surface area contributed by atoms with E-state index in [9.17, 15) is 10.1 Å². The zero-order chi connectivity index (χ0) is 14.7. The highest BCUT2D eigenvalue weighted by molar-refractivity contribution is 6.03. The molecule has 2 rings (SSSR count). The van der Waals surface area contributed by atoms with Crippen molar-refractivity contribution in [3.05, 3.63) is 70.3 Å². The molecule has 0 aromatic heterocycles. The van der Waals surface area contributed by atoms with E-state index in [1.165, 1.54) is 0 Å². The van der Waals surface area contributed by atoms with Crippen molar-refractivity contribution in [1.29, 1.82) is 5.26 Å². The number of aryl methyl sites for hydroxylation is 3. The van der Waals surface area contributed by atoms with Crippen molar-refractivity contribution in [2.45, 2.75) is 26.7 Å². The Bertz CT molecular complexity index is 678. The first-order valence-corrected chi connectivity index (χ1v) is 6.60. The van der Waals surface area contributed by atoms with Gasteiger partial charge in [-0.15, -0.1) is 0 Å². The second-order valence-corrected chi connectivity index (χ2v) is 5.16. The number of hydrogen-bond acceptors (Lipinski definition) is 2. The van der Waals surface area contributed by atoms with Gasteiger partial charge in [0.2, 0.25) is 0 Å². The summed E-state index contributed by atoms with van der Waals surface area (Å²) in [5.74, 6) is -0.870. The van der Waals surface area contributed by atoms with E-state index in [0.717, 1.165) is 22.3 Å². The van der Waals surface area contributed by atoms with Crippen molar-refractivity contribution in [2.24, 2.45) is 0 Å². The van der Waals surface area contributed by atoms with Gasteiger partial charge in [-0.2, -0.15) is 5.26 Å². The molecule has 2 aromatic carbocycles. The maximum Gasteiger partial charge on any atom is 0.184 e. The average molecular weight is 263 g/mol. The molecule has 0 aliphatic rings. The quantitative estimate of drug-likeness (QED) is 0.782. The van der Waals surface area contributed by atoms with Crippen molar-refractivity contribution in [2.75, 3.05) is 0 Å². The Morgan fingerprint density at radius 2 is 1.60 bits per heavy atom. The van der Waals surface area contributed by atoms with Gasteiger partial charge in [0.25, 0.3) is 0 Å². The Kier molecular flexibility index (Phi) is 4.00. The summed E-state index contributed by atoms with van der Waals surface area (Å²) in [5.41, 5.74) is 4.53. The van der Waals surface area contributed by atoms with Crippen molar-refractivity contribution in [3.8, 4) is 6.07 Å². The van der Waals surface area contributed by atoms with Crippen LogP contribution in [0.3, 0.4) is 0 Å². The Balaban J connectivity index is 2.39. The van der Waals surface area contributed by atoms with Crippen LogP contribution < -0.4 is 0 Å². The van der Waals surface area contributed by atoms with Crippen molar-refractivity contribution >= 4 is 5.78 Å². The highest BCUT2D eigenvalue weighted by Crippen LogP contribution is 2.23. The lowest BCUT2D eigenvalue weighted by Crippen LogP contribution is -2.12. The summed E-state index contributed by atoms with van der Waals surface area (Å²) in [6.07, 6.45) is 0. The first-order chi connectivity index (χ1) is 9.52. The number of Topliss-reactive ketones (excluding diaryl/α,β-unsaturated/α-hetero) is 1. The number of ketones is 1. The topological polar surface area (TPSA) is 40.9 Å². The molecule has 0 spiro atoms. The molecule has 2 aromatic rings. The SMILES string of the molecule is Cc1ccc(C(C#N)C(=O)c2ccc(C)cc2C)cc1. The minimum atomic E-state index is -0.739. The molecule has 1 unspecified atom stereocenters. The predicted octanol–water partition coefficient (Wildman–Crippen LogP) is 4.10. The fourth-order valence-electron chi connectivity index (χ4n) is 2.29. The molecule has 0 bridgehead atoms. The molecule has 2 nitrogen and oxygen atoms in total. The fraction of sp³-hybridized carbons (Fsp3) is 0.222. The van der Waals surface area contributed by atoms with Gasteiger partial charge in [0, 0.05) is 5.56 Å². The molecule has 0 saturated heterocycles. The number of benzene rings is 2. The zero-order valence-corrected chi connectivity index (χ0v) is 12.0. The third-order valence-corrected chi connectivity index (χ3v) is 3.45. The number of carbonyl (C=O) groups excluding carboxylic acids is 1. The van der Waals surface area contributed by atoms with E-state index in [0.29, 0.717) is 5.56 Å². The predicted molar refractivity (Wildman–Crippen MR) is 79.8 cm³/mol. The maximum absolute atomic E-state index is 12.6. The van der Waals surface area contributed by atoms with E-state index < -0.39 is 5.92 Å². The van der Waals surface area contributed by atoms with E-state index in [1.807, 2.05) is 63.2 Å². The normalized spacial score (nSPS) is 11.7. The van der Waals surface area contributed by atoms with Crippen LogP contribution in [0.2, 0.25) is 0 Å². The van der Waals surface area contributed by atoms with Gasteiger partial charge in [0.1, 0.15) is 5.92 Å². The molecule has 0 fully saturated rings. The summed E-state index contributed by atoms with van der Waals surface area (Å²) in [6.45, 7) is 5.88. The van der Waals surface area contributed by atoms with Crippen molar-refractivity contribution < 1.29 is 4.79 Å². The van der Waals surface area contributed by atoms with E-state index in [-0.39, 0.29) is 5.78 Å². The maximum atomic E-state index is 12.6. The molecule has 0 aliphatic heterocycles. The molecule has 2 heteroatoms. The summed E-state index contributed by atoms with van der Waals surface area (Å²) >= 11 is 0. The number of nitriles is 1. The number of rotatable bonds is 3. The van der Waals surface area contributed by atoms with E-state index in [1.54, 1.807) is 0 Å². The van der Waals surface area contributed by atoms with Crippen LogP contribution in [0.25, 0.3) is 0 Å². The second kappa shape index (κ2) is 5.71. The molecule has 100 valence electrons. The monoisotopic (exact) mass is 263 g/mol. The summed E-state index contributed by atoms with van der Waals surface area (Å²) in [7, 11) is 0. The third kappa shape index (κ3) is 2.78. The Morgan fingerprint density at radius 1 is 1.00 bits per heavy atom. The molecule has 0 heterocycles. The van der Waals surface area contributed by atoms with E-state index in [4.69, 9.17) is 0 Å². The van der Waals surface area contributed by atoms with Gasteiger partial charge in [-0.05, 0) is 31.9 Å². The van der Waals surface area contributed by atoms with Crippen LogP contribution in [-0.2, 0) is 0 Å². The van der Waals surface area contributed by atoms with Crippen molar-refractivity contribution in [3.63, 3.8) is 0 Å². The summed E-state index contributed by atoms with van der Waals surface area (Å²) < 4.78 is 0. The fourth-order valence-corrected chi connectivity index (χ4v) is 2.29. The van der Waals surface area contributed by atoms with Crippen LogP contribution >= 0.6 is 0 Å². The molecule has 20 heavy (non-hydrogen) atoms. The van der Waals surface area contributed by atoms with Gasteiger partial charge >= 0.3 is 0 Å². The molecular weight excluding hydrogens is 246 g/mol. The summed E-state index contributed by atoms with van der Waals surface area (Å²) in [4.78, 5) is 12.6. The highest BCUT2D eigenvalue weighted by Gasteiger charge is 2.22. The zero-order valence-electron chi connectivity index (χ0n) is 12.0. The van der Waals surface area contributed by atoms with Gasteiger partial charge in [-0.3, -0.25) is 4.79 Å². The minimum Gasteiger partial charge on any atom is -0.292 e. The molecular formula is C18H17NO. The Hall–Kier alpha value is -2.40. The van der Waals surface area contributed by atoms with Gasteiger partial charge in [-0.25, -0.2) is 0 Å². The van der Waals surface area contributed by atoms with Crippen LogP contribution in [0, 0.1) is 32.1 Å². The van der Waals surface area contributed by atoms with Crippen LogP contribution in [0.1, 0.15) is 38.5 Å². The summed E-state index contributed by atoms with van der Waals surface area (Å²) in [6, 6.07) is 15.4. The molecule has 0 aliphatic carbocycles. The first kappa shape index (κ1) is 14.0. The third-order valence-electron chi connectivity index (χ3n) is 3.45. The average Bonchev–Trinajstić information content (AvgIpc) is 2.41. The lowest BCUT2D eigenvalue weighted by atomic mass is 9.89. The highest BCUT2D eigenvalue weighted by atomic mass is 16.1. The van der Waals surface area contributed by atoms with Crippen LogP contribution in [0.5, 0.6) is 0 Å². The van der Waals surface area contributed by atoms with E-state index in [2.05, 4.69) is 6.07 Å². The Labute approximate surface area is 119 Å². The number of nitrogens with zero attached hydrogens (tertiary/aromatic N) is 1. The molecule has 0 saturated carbocycles. The molecule has 0 radical (unpaired) electrons. The van der Waals surface area contributed by atoms with Crippen molar-refractivity contribution in [1.82, 2.24) is 0 Å². The minimum absolute atomic E-state index is 0.131. The largest absolute Gasteiger partial charge is 0.292 e. The van der Waals surface area contributed by atoms with E-state index >= 15 is 0 Å². The number of hydrogen-bond donors (Lipinski definition) is 0. The van der Waals surface area contributed by atoms with Gasteiger partial charge in [0.15, 0.2) is 5.78 Å². The van der Waals surface area contributed by atoms with Crippen LogP contribution in [0.4, 0.5) is 0 Å². The van der Waals surface area contributed by atoms with Gasteiger partial charge < -0.3 is 0 Å². The summed E-state index contributed by atoms with van der Waals surface area (Å²) in [5, 5.41) is 9.36. The van der Waals surface area contributed by atoms with Crippen LogP contribution in [0.15, 0.2) is 42.5 Å². The Morgan fingerprint density at radius 3 is 2.15 bits per heavy atom. The lowest BCUT2D eigenvalue weighted by Gasteiger charge is -2.11. The smallest absolute Gasteiger partial charge is 0.184 e. The number of carbonyl (C=O) groups is 1. The first-order valence-electron chi connectivity index (χ1n) is 6.60. The van der Waals surface area contributed by atoms with Gasteiger partial charge in [-0.1, -0.05) is 53.6 Å². The standard InChI is InChI=1S/C18H17NO/c1-12-4-7-15(8-5-12)17(11-19)18(20)16-9-6-13(2)10-14(16)3/h4-10,17H,1-3H3. The van der Waals surface area contributed by atoms with Gasteiger partial charge in [0.05, 0.1) is 6.07 Å². The van der Waals surface area contributed by atoms with Crippen LogP contribution in [-0.4, -0.2) is 5.78 Å². The lowest BCUT2D eigenvalue weighted by molar-refractivity contribution is 0.0978.